The number of sulfonamides is 1. The first kappa shape index (κ1) is 15.0. The van der Waals surface area contributed by atoms with Gasteiger partial charge >= 0.3 is 0 Å². The van der Waals surface area contributed by atoms with Crippen molar-refractivity contribution in [2.75, 3.05) is 7.05 Å². The third-order valence-electron chi connectivity index (χ3n) is 3.70. The summed E-state index contributed by atoms with van der Waals surface area (Å²) in [6, 6.07) is 7.80. The Balaban J connectivity index is 2.07. The van der Waals surface area contributed by atoms with E-state index in [-0.39, 0.29) is 5.25 Å². The lowest BCUT2D eigenvalue weighted by atomic mass is 10.0. The minimum Gasteiger partial charge on any atom is -0.212 e. The van der Waals surface area contributed by atoms with Crippen LogP contribution >= 0.6 is 15.9 Å². The predicted octanol–water partition coefficient (Wildman–Crippen LogP) is 3.54. The summed E-state index contributed by atoms with van der Waals surface area (Å²) >= 11 is 3.41. The van der Waals surface area contributed by atoms with E-state index < -0.39 is 10.0 Å². The fourth-order valence-corrected chi connectivity index (χ4v) is 4.81. The zero-order valence-corrected chi connectivity index (χ0v) is 13.6. The van der Waals surface area contributed by atoms with Crippen LogP contribution in [-0.4, -0.2) is 25.0 Å². The summed E-state index contributed by atoms with van der Waals surface area (Å²) in [5.41, 5.74) is 1.01. The van der Waals surface area contributed by atoms with E-state index in [9.17, 15) is 8.42 Å². The van der Waals surface area contributed by atoms with Crippen LogP contribution in [0.3, 0.4) is 0 Å². The number of hydrogen-bond acceptors (Lipinski definition) is 2. The zero-order chi connectivity index (χ0) is 13.9. The minimum absolute atomic E-state index is 0.182. The molecule has 106 valence electrons. The second-order valence-electron chi connectivity index (χ2n) is 5.19. The molecule has 0 aromatic heterocycles. The predicted molar refractivity (Wildman–Crippen MR) is 81.4 cm³/mol. The van der Waals surface area contributed by atoms with Crippen molar-refractivity contribution in [2.45, 2.75) is 43.9 Å². The fourth-order valence-electron chi connectivity index (χ4n) is 2.60. The van der Waals surface area contributed by atoms with Gasteiger partial charge in [0.2, 0.25) is 10.0 Å². The van der Waals surface area contributed by atoms with Crippen LogP contribution in [0.1, 0.15) is 37.7 Å². The Morgan fingerprint density at radius 2 is 1.95 bits per heavy atom. The van der Waals surface area contributed by atoms with Crippen molar-refractivity contribution >= 4 is 26.0 Å². The molecule has 1 fully saturated rings. The zero-order valence-electron chi connectivity index (χ0n) is 11.2. The van der Waals surface area contributed by atoms with Gasteiger partial charge in [-0.1, -0.05) is 47.3 Å². The molecule has 1 aliphatic rings. The first-order valence-electron chi connectivity index (χ1n) is 6.70. The standard InChI is InChI=1S/C14H20BrNO2S/c1-16(11-12-6-5-7-13(15)10-12)19(17,18)14-8-3-2-4-9-14/h5-7,10,14H,2-4,8-9,11H2,1H3. The van der Waals surface area contributed by atoms with E-state index in [1.165, 1.54) is 10.7 Å². The maximum atomic E-state index is 12.5. The summed E-state index contributed by atoms with van der Waals surface area (Å²) in [7, 11) is -1.47. The summed E-state index contributed by atoms with van der Waals surface area (Å²) in [6.45, 7) is 0.443. The second kappa shape index (κ2) is 6.37. The molecule has 1 saturated carbocycles. The van der Waals surface area contributed by atoms with Crippen LogP contribution < -0.4 is 0 Å². The first-order valence-corrected chi connectivity index (χ1v) is 8.99. The van der Waals surface area contributed by atoms with Gasteiger partial charge in [-0.25, -0.2) is 12.7 Å². The van der Waals surface area contributed by atoms with Crippen LogP contribution in [0.2, 0.25) is 0 Å². The van der Waals surface area contributed by atoms with Crippen LogP contribution in [0.25, 0.3) is 0 Å². The molecule has 19 heavy (non-hydrogen) atoms. The minimum atomic E-state index is -3.16. The highest BCUT2D eigenvalue weighted by atomic mass is 79.9. The van der Waals surface area contributed by atoms with Crippen LogP contribution in [0, 0.1) is 0 Å². The van der Waals surface area contributed by atoms with E-state index >= 15 is 0 Å². The molecular formula is C14H20BrNO2S. The van der Waals surface area contributed by atoms with E-state index in [2.05, 4.69) is 15.9 Å². The molecule has 0 amide bonds. The van der Waals surface area contributed by atoms with Gasteiger partial charge in [-0.3, -0.25) is 0 Å². The Morgan fingerprint density at radius 1 is 1.26 bits per heavy atom. The number of halogens is 1. The smallest absolute Gasteiger partial charge is 0.212 e. The van der Waals surface area contributed by atoms with E-state index in [0.29, 0.717) is 6.54 Å². The molecule has 0 spiro atoms. The fraction of sp³-hybridized carbons (Fsp3) is 0.571. The molecular weight excluding hydrogens is 326 g/mol. The van der Waals surface area contributed by atoms with Crippen LogP contribution in [0.15, 0.2) is 28.7 Å². The van der Waals surface area contributed by atoms with Crippen molar-refractivity contribution in [1.29, 1.82) is 0 Å². The quantitative estimate of drug-likeness (QED) is 0.836. The molecule has 0 heterocycles. The molecule has 0 saturated heterocycles. The number of nitrogens with zero attached hydrogens (tertiary/aromatic N) is 1. The van der Waals surface area contributed by atoms with Gasteiger partial charge < -0.3 is 0 Å². The lowest BCUT2D eigenvalue weighted by Crippen LogP contribution is -2.36. The first-order chi connectivity index (χ1) is 9.00. The summed E-state index contributed by atoms with van der Waals surface area (Å²) in [4.78, 5) is 0. The van der Waals surface area contributed by atoms with E-state index in [1.807, 2.05) is 24.3 Å². The van der Waals surface area contributed by atoms with Crippen molar-refractivity contribution in [3.63, 3.8) is 0 Å². The topological polar surface area (TPSA) is 37.4 Å². The van der Waals surface area contributed by atoms with Gasteiger partial charge in [-0.15, -0.1) is 0 Å². The summed E-state index contributed by atoms with van der Waals surface area (Å²) in [5, 5.41) is -0.182. The summed E-state index contributed by atoms with van der Waals surface area (Å²) in [5.74, 6) is 0. The third-order valence-corrected chi connectivity index (χ3v) is 6.51. The van der Waals surface area contributed by atoms with Crippen molar-refractivity contribution < 1.29 is 8.42 Å². The monoisotopic (exact) mass is 345 g/mol. The highest BCUT2D eigenvalue weighted by Gasteiger charge is 2.30. The molecule has 1 aromatic carbocycles. The van der Waals surface area contributed by atoms with Gasteiger partial charge in [0.25, 0.3) is 0 Å². The normalized spacial score (nSPS) is 17.8. The van der Waals surface area contributed by atoms with Gasteiger partial charge in [0, 0.05) is 18.1 Å². The van der Waals surface area contributed by atoms with Gasteiger partial charge in [0.05, 0.1) is 5.25 Å². The third kappa shape index (κ3) is 3.80. The molecule has 0 N–H and O–H groups in total. The molecule has 1 aliphatic carbocycles. The number of hydrogen-bond donors (Lipinski definition) is 0. The van der Waals surface area contributed by atoms with Crippen molar-refractivity contribution in [3.05, 3.63) is 34.3 Å². The van der Waals surface area contributed by atoms with E-state index in [0.717, 1.165) is 35.7 Å². The van der Waals surface area contributed by atoms with Gasteiger partial charge in [-0.2, -0.15) is 0 Å². The maximum absolute atomic E-state index is 12.5. The Labute approximate surface area is 124 Å². The lowest BCUT2D eigenvalue weighted by Gasteiger charge is -2.27. The molecule has 3 nitrogen and oxygen atoms in total. The van der Waals surface area contributed by atoms with Crippen molar-refractivity contribution in [1.82, 2.24) is 4.31 Å². The average molecular weight is 346 g/mol. The van der Waals surface area contributed by atoms with Crippen LogP contribution in [0.4, 0.5) is 0 Å². The highest BCUT2D eigenvalue weighted by Crippen LogP contribution is 2.26. The highest BCUT2D eigenvalue weighted by molar-refractivity contribution is 9.10. The molecule has 1 aromatic rings. The van der Waals surface area contributed by atoms with Crippen molar-refractivity contribution in [3.8, 4) is 0 Å². The summed E-state index contributed by atoms with van der Waals surface area (Å²) in [6.07, 6.45) is 4.86. The van der Waals surface area contributed by atoms with Crippen LogP contribution in [0.5, 0.6) is 0 Å². The van der Waals surface area contributed by atoms with Gasteiger partial charge in [0.15, 0.2) is 0 Å². The van der Waals surface area contributed by atoms with E-state index in [1.54, 1.807) is 7.05 Å². The largest absolute Gasteiger partial charge is 0.217 e. The van der Waals surface area contributed by atoms with Crippen molar-refractivity contribution in [2.24, 2.45) is 0 Å². The lowest BCUT2D eigenvalue weighted by molar-refractivity contribution is 0.423. The Kier molecular flexibility index (Phi) is 5.03. The second-order valence-corrected chi connectivity index (χ2v) is 8.43. The molecule has 5 heteroatoms. The van der Waals surface area contributed by atoms with Crippen LogP contribution in [-0.2, 0) is 16.6 Å². The molecule has 0 atom stereocenters. The Morgan fingerprint density at radius 3 is 2.58 bits per heavy atom. The average Bonchev–Trinajstić information content (AvgIpc) is 2.39. The molecule has 0 bridgehead atoms. The van der Waals surface area contributed by atoms with Gasteiger partial charge in [-0.05, 0) is 30.5 Å². The maximum Gasteiger partial charge on any atom is 0.217 e. The Hall–Kier alpha value is -0.390. The molecule has 0 aliphatic heterocycles. The number of rotatable bonds is 4. The van der Waals surface area contributed by atoms with E-state index in [4.69, 9.17) is 0 Å². The van der Waals surface area contributed by atoms with Gasteiger partial charge in [0.1, 0.15) is 0 Å². The number of benzene rings is 1. The Bertz CT molecular complexity index is 524. The SMILES string of the molecule is CN(Cc1cccc(Br)c1)S(=O)(=O)C1CCCCC1. The molecule has 2 rings (SSSR count). The summed E-state index contributed by atoms with van der Waals surface area (Å²) < 4.78 is 27.5. The molecule has 0 unspecified atom stereocenters. The molecule has 0 radical (unpaired) electrons.